The highest BCUT2D eigenvalue weighted by molar-refractivity contribution is 6.21. The number of rotatable bonds is 5. The molecule has 46 heavy (non-hydrogen) atoms. The molecule has 3 nitrogen and oxygen atoms in total. The minimum Gasteiger partial charge on any atom is -0.228 e. The maximum atomic E-state index is 9.53. The van der Waals surface area contributed by atoms with E-state index in [1.807, 2.05) is 60.7 Å². The molecule has 0 amide bonds. The number of nitriles is 1. The maximum absolute atomic E-state index is 9.53. The summed E-state index contributed by atoms with van der Waals surface area (Å²) < 4.78 is 0. The van der Waals surface area contributed by atoms with Crippen LogP contribution in [0, 0.1) is 11.3 Å². The first kappa shape index (κ1) is 27.2. The lowest BCUT2D eigenvalue weighted by Crippen LogP contribution is -1.96. The molecule has 0 N–H and O–H groups in total. The summed E-state index contributed by atoms with van der Waals surface area (Å²) in [5.74, 6) is 0.645. The van der Waals surface area contributed by atoms with Crippen LogP contribution in [0.1, 0.15) is 5.56 Å². The third-order valence-corrected chi connectivity index (χ3v) is 8.51. The quantitative estimate of drug-likeness (QED) is 0.189. The van der Waals surface area contributed by atoms with Crippen molar-refractivity contribution in [3.8, 4) is 62.2 Å². The minimum atomic E-state index is 0.597. The zero-order chi connectivity index (χ0) is 30.9. The van der Waals surface area contributed by atoms with Crippen molar-refractivity contribution >= 4 is 21.5 Å². The van der Waals surface area contributed by atoms with Crippen molar-refractivity contribution in [1.82, 2.24) is 9.97 Å². The third kappa shape index (κ3) is 4.89. The first-order valence-corrected chi connectivity index (χ1v) is 15.3. The second kappa shape index (κ2) is 11.6. The fourth-order valence-electron chi connectivity index (χ4n) is 6.36. The van der Waals surface area contributed by atoms with Gasteiger partial charge in [0.05, 0.1) is 23.0 Å². The van der Waals surface area contributed by atoms with Gasteiger partial charge >= 0.3 is 0 Å². The molecule has 1 aromatic heterocycles. The van der Waals surface area contributed by atoms with Gasteiger partial charge in [-0.2, -0.15) is 5.26 Å². The molecule has 8 rings (SSSR count). The van der Waals surface area contributed by atoms with E-state index in [9.17, 15) is 5.26 Å². The molecule has 0 aliphatic rings. The van der Waals surface area contributed by atoms with Gasteiger partial charge in [-0.05, 0) is 62.0 Å². The van der Waals surface area contributed by atoms with E-state index in [1.165, 1.54) is 38.2 Å². The molecule has 0 saturated heterocycles. The van der Waals surface area contributed by atoms with Crippen molar-refractivity contribution < 1.29 is 0 Å². The Labute approximate surface area is 267 Å². The standard InChI is InChI=1S/C43H27N3/c44-28-29-12-11-17-34(26-29)40-27-39(45-43(46-40)33-15-5-2-6-16-33)30-22-24-32(25-23-30)42-38-21-10-8-19-36(38)35-18-7-9-20-37(35)41(42)31-13-3-1-4-14-31/h1-27H. The largest absolute Gasteiger partial charge is 0.228 e. The van der Waals surface area contributed by atoms with Crippen molar-refractivity contribution in [1.29, 1.82) is 5.26 Å². The Hall–Kier alpha value is -6.37. The number of fused-ring (bicyclic) bond motifs is 3. The van der Waals surface area contributed by atoms with Crippen molar-refractivity contribution in [2.45, 2.75) is 0 Å². The number of hydrogen-bond acceptors (Lipinski definition) is 3. The van der Waals surface area contributed by atoms with Crippen LogP contribution in [0.2, 0.25) is 0 Å². The Bertz CT molecular complexity index is 2410. The van der Waals surface area contributed by atoms with Crippen LogP contribution >= 0.6 is 0 Å². The Morgan fingerprint density at radius 3 is 1.41 bits per heavy atom. The Morgan fingerprint density at radius 2 is 0.826 bits per heavy atom. The molecule has 0 bridgehead atoms. The SMILES string of the molecule is N#Cc1cccc(-c2cc(-c3ccc(-c4c(-c5ccccc5)c5ccccc5c5ccccc45)cc3)nc(-c3ccccc3)n2)c1. The van der Waals surface area contributed by atoms with E-state index in [0.717, 1.165) is 33.6 Å². The van der Waals surface area contributed by atoms with E-state index >= 15 is 0 Å². The Morgan fingerprint density at radius 1 is 0.370 bits per heavy atom. The van der Waals surface area contributed by atoms with E-state index in [4.69, 9.17) is 9.97 Å². The van der Waals surface area contributed by atoms with Gasteiger partial charge in [0.25, 0.3) is 0 Å². The topological polar surface area (TPSA) is 49.6 Å². The molecule has 0 aliphatic carbocycles. The molecule has 0 aliphatic heterocycles. The van der Waals surface area contributed by atoms with Crippen LogP contribution in [0.5, 0.6) is 0 Å². The number of nitrogens with zero attached hydrogens (tertiary/aromatic N) is 3. The predicted molar refractivity (Wildman–Crippen MR) is 189 cm³/mol. The summed E-state index contributed by atoms with van der Waals surface area (Å²) in [4.78, 5) is 9.95. The summed E-state index contributed by atoms with van der Waals surface area (Å²) in [5, 5.41) is 14.5. The van der Waals surface area contributed by atoms with Gasteiger partial charge in [-0.15, -0.1) is 0 Å². The molecule has 3 heteroatoms. The summed E-state index contributed by atoms with van der Waals surface area (Å²) in [6.07, 6.45) is 0. The van der Waals surface area contributed by atoms with Crippen LogP contribution in [0.4, 0.5) is 0 Å². The minimum absolute atomic E-state index is 0.597. The first-order chi connectivity index (χ1) is 22.8. The van der Waals surface area contributed by atoms with Gasteiger partial charge in [-0.3, -0.25) is 0 Å². The van der Waals surface area contributed by atoms with Gasteiger partial charge in [0.2, 0.25) is 0 Å². The fourth-order valence-corrected chi connectivity index (χ4v) is 6.36. The number of benzene rings is 7. The van der Waals surface area contributed by atoms with Crippen LogP contribution in [0.15, 0.2) is 164 Å². The summed E-state index contributed by atoms with van der Waals surface area (Å²) >= 11 is 0. The van der Waals surface area contributed by atoms with E-state index in [0.29, 0.717) is 11.4 Å². The first-order valence-electron chi connectivity index (χ1n) is 15.3. The molecule has 0 fully saturated rings. The molecule has 0 unspecified atom stereocenters. The van der Waals surface area contributed by atoms with Gasteiger partial charge < -0.3 is 0 Å². The molecule has 7 aromatic carbocycles. The van der Waals surface area contributed by atoms with E-state index in [2.05, 4.69) is 109 Å². The maximum Gasteiger partial charge on any atom is 0.160 e. The van der Waals surface area contributed by atoms with Gasteiger partial charge in [0, 0.05) is 16.7 Å². The molecular formula is C43H27N3. The molecule has 0 radical (unpaired) electrons. The summed E-state index contributed by atoms with van der Waals surface area (Å²) in [7, 11) is 0. The second-order valence-electron chi connectivity index (χ2n) is 11.3. The van der Waals surface area contributed by atoms with Gasteiger partial charge in [-0.25, -0.2) is 9.97 Å². The zero-order valence-electron chi connectivity index (χ0n) is 24.9. The highest BCUT2D eigenvalue weighted by Gasteiger charge is 2.18. The average molecular weight is 586 g/mol. The molecule has 0 spiro atoms. The van der Waals surface area contributed by atoms with Crippen LogP contribution in [0.25, 0.3) is 77.7 Å². The van der Waals surface area contributed by atoms with E-state index in [1.54, 1.807) is 0 Å². The van der Waals surface area contributed by atoms with Crippen molar-refractivity contribution in [2.24, 2.45) is 0 Å². The molecule has 0 saturated carbocycles. The van der Waals surface area contributed by atoms with Crippen LogP contribution in [-0.2, 0) is 0 Å². The lowest BCUT2D eigenvalue weighted by molar-refractivity contribution is 1.18. The Balaban J connectivity index is 1.32. The monoisotopic (exact) mass is 585 g/mol. The summed E-state index contributed by atoms with van der Waals surface area (Å²) in [6, 6.07) is 58.6. The van der Waals surface area contributed by atoms with Crippen molar-refractivity contribution in [3.05, 3.63) is 169 Å². The molecule has 1 heterocycles. The third-order valence-electron chi connectivity index (χ3n) is 8.51. The highest BCUT2D eigenvalue weighted by atomic mass is 14.9. The summed E-state index contributed by atoms with van der Waals surface area (Å²) in [5.41, 5.74) is 9.79. The average Bonchev–Trinajstić information content (AvgIpc) is 3.15. The van der Waals surface area contributed by atoms with Crippen molar-refractivity contribution in [3.63, 3.8) is 0 Å². The predicted octanol–water partition coefficient (Wildman–Crippen LogP) is 11.0. The van der Waals surface area contributed by atoms with Crippen LogP contribution in [0.3, 0.4) is 0 Å². The Kier molecular flexibility index (Phi) is 6.87. The number of aromatic nitrogens is 2. The molecule has 214 valence electrons. The van der Waals surface area contributed by atoms with E-state index in [-0.39, 0.29) is 0 Å². The highest BCUT2D eigenvalue weighted by Crippen LogP contribution is 2.44. The van der Waals surface area contributed by atoms with E-state index < -0.39 is 0 Å². The molecular weight excluding hydrogens is 558 g/mol. The fraction of sp³-hybridized carbons (Fsp3) is 0. The lowest BCUT2D eigenvalue weighted by atomic mass is 9.85. The second-order valence-corrected chi connectivity index (χ2v) is 11.3. The van der Waals surface area contributed by atoms with Crippen LogP contribution in [-0.4, -0.2) is 9.97 Å². The molecule has 8 aromatic rings. The molecule has 0 atom stereocenters. The van der Waals surface area contributed by atoms with Gasteiger partial charge in [0.15, 0.2) is 5.82 Å². The normalized spacial score (nSPS) is 11.0. The number of hydrogen-bond donors (Lipinski definition) is 0. The van der Waals surface area contributed by atoms with Crippen molar-refractivity contribution in [2.75, 3.05) is 0 Å². The zero-order valence-corrected chi connectivity index (χ0v) is 24.9. The van der Waals surface area contributed by atoms with Crippen LogP contribution < -0.4 is 0 Å². The summed E-state index contributed by atoms with van der Waals surface area (Å²) in [6.45, 7) is 0. The smallest absolute Gasteiger partial charge is 0.160 e. The van der Waals surface area contributed by atoms with Gasteiger partial charge in [0.1, 0.15) is 0 Å². The van der Waals surface area contributed by atoms with Gasteiger partial charge in [-0.1, -0.05) is 146 Å². The lowest BCUT2D eigenvalue weighted by Gasteiger charge is -2.19.